The van der Waals surface area contributed by atoms with E-state index in [1.807, 2.05) is 55.2 Å². The summed E-state index contributed by atoms with van der Waals surface area (Å²) in [4.78, 5) is 13.4. The number of aryl methyl sites for hydroxylation is 2. The van der Waals surface area contributed by atoms with Crippen LogP contribution < -0.4 is 5.32 Å². The molecule has 7 nitrogen and oxygen atoms in total. The van der Waals surface area contributed by atoms with Gasteiger partial charge in [-0.25, -0.2) is 9.97 Å². The van der Waals surface area contributed by atoms with E-state index in [1.54, 1.807) is 18.7 Å². The Bertz CT molecular complexity index is 1040. The molecule has 0 aliphatic carbocycles. The highest BCUT2D eigenvalue weighted by molar-refractivity contribution is 5.80. The van der Waals surface area contributed by atoms with Gasteiger partial charge >= 0.3 is 0 Å². The van der Waals surface area contributed by atoms with Gasteiger partial charge in [-0.1, -0.05) is 0 Å². The third-order valence-electron chi connectivity index (χ3n) is 4.39. The summed E-state index contributed by atoms with van der Waals surface area (Å²) in [6.07, 6.45) is 8.88. The second-order valence-electron chi connectivity index (χ2n) is 6.25. The van der Waals surface area contributed by atoms with Crippen LogP contribution in [0.3, 0.4) is 0 Å². The van der Waals surface area contributed by atoms with E-state index in [4.69, 9.17) is 9.40 Å². The maximum Gasteiger partial charge on any atom is 0.223 e. The average Bonchev–Trinajstić information content (AvgIpc) is 3.35. The predicted molar refractivity (Wildman–Crippen MR) is 103 cm³/mol. The van der Waals surface area contributed by atoms with Crippen molar-refractivity contribution in [1.82, 2.24) is 24.7 Å². The van der Waals surface area contributed by atoms with Crippen molar-refractivity contribution in [2.24, 2.45) is 0 Å². The molecule has 0 bridgehead atoms. The molecule has 0 saturated carbocycles. The molecule has 136 valence electrons. The summed E-state index contributed by atoms with van der Waals surface area (Å²) in [6, 6.07) is 7.71. The molecule has 4 heterocycles. The number of pyridine rings is 1. The lowest BCUT2D eigenvalue weighted by Crippen LogP contribution is -2.14. The second-order valence-corrected chi connectivity index (χ2v) is 6.25. The van der Waals surface area contributed by atoms with Crippen molar-refractivity contribution in [2.45, 2.75) is 20.4 Å². The van der Waals surface area contributed by atoms with Crippen molar-refractivity contribution in [3.05, 3.63) is 66.6 Å². The van der Waals surface area contributed by atoms with Gasteiger partial charge in [0.15, 0.2) is 5.76 Å². The number of nitrogens with zero attached hydrogens (tertiary/aromatic N) is 5. The molecule has 0 saturated heterocycles. The molecular weight excluding hydrogens is 340 g/mol. The summed E-state index contributed by atoms with van der Waals surface area (Å²) in [5.74, 6) is 1.26. The van der Waals surface area contributed by atoms with Crippen molar-refractivity contribution >= 4 is 5.95 Å². The van der Waals surface area contributed by atoms with Crippen LogP contribution in [0.1, 0.15) is 11.3 Å². The fourth-order valence-electron chi connectivity index (χ4n) is 2.95. The van der Waals surface area contributed by atoms with Gasteiger partial charge in [0.1, 0.15) is 5.69 Å². The Balaban J connectivity index is 1.62. The summed E-state index contributed by atoms with van der Waals surface area (Å²) in [7, 11) is 0. The number of anilines is 1. The first-order valence-electron chi connectivity index (χ1n) is 8.76. The number of aromatic nitrogens is 5. The maximum atomic E-state index is 5.61. The first kappa shape index (κ1) is 17.0. The van der Waals surface area contributed by atoms with Gasteiger partial charge in [0.2, 0.25) is 5.95 Å². The molecule has 1 N–H and O–H groups in total. The zero-order valence-electron chi connectivity index (χ0n) is 15.3. The lowest BCUT2D eigenvalue weighted by atomic mass is 10.0. The van der Waals surface area contributed by atoms with Crippen LogP contribution in [-0.2, 0) is 6.54 Å². The zero-order chi connectivity index (χ0) is 18.6. The van der Waals surface area contributed by atoms with E-state index in [-0.39, 0.29) is 0 Å². The first-order chi connectivity index (χ1) is 13.2. The summed E-state index contributed by atoms with van der Waals surface area (Å²) < 4.78 is 7.55. The SMILES string of the molecule is Cc1cnccc1-c1cnc(NCCn2nccc2C)nc1-c1ccco1. The molecule has 0 fully saturated rings. The number of hydrogen-bond acceptors (Lipinski definition) is 6. The van der Waals surface area contributed by atoms with Crippen LogP contribution in [0.5, 0.6) is 0 Å². The average molecular weight is 360 g/mol. The van der Waals surface area contributed by atoms with Gasteiger partial charge in [-0.15, -0.1) is 0 Å². The van der Waals surface area contributed by atoms with E-state index in [0.717, 1.165) is 34.6 Å². The minimum Gasteiger partial charge on any atom is -0.463 e. The van der Waals surface area contributed by atoms with Crippen LogP contribution in [0.4, 0.5) is 5.95 Å². The minimum absolute atomic E-state index is 0.557. The Morgan fingerprint density at radius 1 is 1.07 bits per heavy atom. The molecule has 4 aromatic heterocycles. The summed E-state index contributed by atoms with van der Waals surface area (Å²) >= 11 is 0. The molecule has 0 aromatic carbocycles. The third kappa shape index (κ3) is 3.57. The lowest BCUT2D eigenvalue weighted by Gasteiger charge is -2.12. The van der Waals surface area contributed by atoms with Crippen LogP contribution in [0.15, 0.2) is 59.7 Å². The molecule has 0 radical (unpaired) electrons. The Kier molecular flexibility index (Phi) is 4.65. The molecule has 27 heavy (non-hydrogen) atoms. The second kappa shape index (κ2) is 7.41. The van der Waals surface area contributed by atoms with E-state index in [0.29, 0.717) is 18.3 Å². The topological polar surface area (TPSA) is 81.7 Å². The Hall–Kier alpha value is -3.48. The van der Waals surface area contributed by atoms with E-state index >= 15 is 0 Å². The fourth-order valence-corrected chi connectivity index (χ4v) is 2.95. The Labute approximate surface area is 157 Å². The fraction of sp³-hybridized carbons (Fsp3) is 0.200. The highest BCUT2D eigenvalue weighted by Crippen LogP contribution is 2.32. The molecular formula is C20H20N6O. The largest absolute Gasteiger partial charge is 0.463 e. The van der Waals surface area contributed by atoms with Crippen LogP contribution in [0.25, 0.3) is 22.6 Å². The zero-order valence-corrected chi connectivity index (χ0v) is 15.3. The lowest BCUT2D eigenvalue weighted by molar-refractivity contribution is 0.580. The molecule has 0 spiro atoms. The van der Waals surface area contributed by atoms with Crippen molar-refractivity contribution in [2.75, 3.05) is 11.9 Å². The quantitative estimate of drug-likeness (QED) is 0.564. The van der Waals surface area contributed by atoms with Gasteiger partial charge in [0.05, 0.1) is 12.8 Å². The highest BCUT2D eigenvalue weighted by Gasteiger charge is 2.15. The molecule has 0 unspecified atom stereocenters. The van der Waals surface area contributed by atoms with Crippen LogP contribution in [0.2, 0.25) is 0 Å². The molecule has 0 aliphatic rings. The Morgan fingerprint density at radius 2 is 2.00 bits per heavy atom. The molecule has 0 amide bonds. The molecule has 0 atom stereocenters. The number of hydrogen-bond donors (Lipinski definition) is 1. The summed E-state index contributed by atoms with van der Waals surface area (Å²) in [5, 5.41) is 7.55. The maximum absolute atomic E-state index is 5.61. The van der Waals surface area contributed by atoms with Crippen LogP contribution in [-0.4, -0.2) is 31.3 Å². The number of nitrogens with one attached hydrogen (secondary N) is 1. The predicted octanol–water partition coefficient (Wildman–Crippen LogP) is 3.72. The third-order valence-corrected chi connectivity index (χ3v) is 4.39. The van der Waals surface area contributed by atoms with Gasteiger partial charge < -0.3 is 9.73 Å². The molecule has 0 aliphatic heterocycles. The number of rotatable bonds is 6. The van der Waals surface area contributed by atoms with Gasteiger partial charge in [0, 0.05) is 42.6 Å². The number of furan rings is 1. The molecule has 4 aromatic rings. The smallest absolute Gasteiger partial charge is 0.223 e. The monoisotopic (exact) mass is 360 g/mol. The van der Waals surface area contributed by atoms with E-state index < -0.39 is 0 Å². The standard InChI is InChI=1S/C20H20N6O/c1-14-12-21-7-6-16(14)17-13-23-20(25-19(17)18-4-3-11-27-18)22-9-10-26-15(2)5-8-24-26/h3-8,11-13H,9-10H2,1-2H3,(H,22,23,25). The van der Waals surface area contributed by atoms with Crippen molar-refractivity contribution in [3.63, 3.8) is 0 Å². The summed E-state index contributed by atoms with van der Waals surface area (Å²) in [6.45, 7) is 5.47. The van der Waals surface area contributed by atoms with Crippen LogP contribution >= 0.6 is 0 Å². The highest BCUT2D eigenvalue weighted by atomic mass is 16.3. The normalized spacial score (nSPS) is 10.9. The Morgan fingerprint density at radius 3 is 2.74 bits per heavy atom. The molecule has 4 rings (SSSR count). The summed E-state index contributed by atoms with van der Waals surface area (Å²) in [5.41, 5.74) is 4.89. The van der Waals surface area contributed by atoms with Crippen LogP contribution in [0, 0.1) is 13.8 Å². The van der Waals surface area contributed by atoms with E-state index in [1.165, 1.54) is 0 Å². The van der Waals surface area contributed by atoms with E-state index in [9.17, 15) is 0 Å². The van der Waals surface area contributed by atoms with Crippen molar-refractivity contribution in [3.8, 4) is 22.6 Å². The van der Waals surface area contributed by atoms with Crippen molar-refractivity contribution in [1.29, 1.82) is 0 Å². The van der Waals surface area contributed by atoms with E-state index in [2.05, 4.69) is 20.4 Å². The first-order valence-corrected chi connectivity index (χ1v) is 8.76. The molecule has 7 heteroatoms. The van der Waals surface area contributed by atoms with Crippen molar-refractivity contribution < 1.29 is 4.42 Å². The van der Waals surface area contributed by atoms with Gasteiger partial charge in [-0.3, -0.25) is 9.67 Å². The van der Waals surface area contributed by atoms with Gasteiger partial charge in [-0.2, -0.15) is 5.10 Å². The minimum atomic E-state index is 0.557. The van der Waals surface area contributed by atoms with Gasteiger partial charge in [-0.05, 0) is 49.2 Å². The van der Waals surface area contributed by atoms with Gasteiger partial charge in [0.25, 0.3) is 0 Å².